The molecule has 0 fully saturated rings. The number of unbranched alkanes of at least 4 members (excludes halogenated alkanes) is 29. The van der Waals surface area contributed by atoms with Crippen LogP contribution in [0.5, 0.6) is 0 Å². The molecule has 1 amide bonds. The third-order valence-corrected chi connectivity index (χ3v) is 12.7. The fourth-order valence-corrected chi connectivity index (χ4v) is 8.26. The molecule has 3 atom stereocenters. The predicted molar refractivity (Wildman–Crippen MR) is 270 cm³/mol. The van der Waals surface area contributed by atoms with Gasteiger partial charge in [-0.1, -0.05) is 210 Å². The quantitative estimate of drug-likeness (QED) is 0.0272. The van der Waals surface area contributed by atoms with E-state index < -0.39 is 26.6 Å². The Balaban J connectivity index is 4.20. The van der Waals surface area contributed by atoms with Gasteiger partial charge >= 0.3 is 0 Å². The molecule has 370 valence electrons. The zero-order valence-electron chi connectivity index (χ0n) is 42.0. The number of aliphatic hydroxyl groups excluding tert-OH is 1. The number of phosphoric acid groups is 1. The van der Waals surface area contributed by atoms with Crippen molar-refractivity contribution in [1.82, 2.24) is 5.32 Å². The van der Waals surface area contributed by atoms with Crippen molar-refractivity contribution in [1.29, 1.82) is 0 Å². The van der Waals surface area contributed by atoms with Gasteiger partial charge in [-0.15, -0.1) is 0 Å². The number of nitrogens with zero attached hydrogens (tertiary/aromatic N) is 1. The summed E-state index contributed by atoms with van der Waals surface area (Å²) < 4.78 is 23.2. The number of rotatable bonds is 48. The first-order valence-electron chi connectivity index (χ1n) is 26.5. The zero-order valence-corrected chi connectivity index (χ0v) is 42.9. The van der Waals surface area contributed by atoms with Gasteiger partial charge < -0.3 is 28.8 Å². The number of hydrogen-bond donors (Lipinski definition) is 2. The zero-order chi connectivity index (χ0) is 46.4. The van der Waals surface area contributed by atoms with E-state index in [0.717, 1.165) is 51.4 Å². The summed E-state index contributed by atoms with van der Waals surface area (Å²) in [6.07, 6.45) is 59.0. The topological polar surface area (TPSA) is 108 Å². The van der Waals surface area contributed by atoms with Gasteiger partial charge in [0.1, 0.15) is 13.2 Å². The van der Waals surface area contributed by atoms with Crippen molar-refractivity contribution in [3.63, 3.8) is 0 Å². The molecule has 0 aromatic heterocycles. The number of amides is 1. The number of likely N-dealkylation sites (N-methyl/N-ethyl adjacent to an activating group) is 1. The van der Waals surface area contributed by atoms with E-state index in [1.807, 2.05) is 27.2 Å². The highest BCUT2D eigenvalue weighted by atomic mass is 31.2. The molecular weight excluding hydrogens is 804 g/mol. The number of aliphatic hydroxyl groups is 1. The lowest BCUT2D eigenvalue weighted by Crippen LogP contribution is -2.45. The number of hydrogen-bond acceptors (Lipinski definition) is 6. The molecule has 2 N–H and O–H groups in total. The minimum atomic E-state index is -4.60. The second-order valence-electron chi connectivity index (χ2n) is 19.2. The van der Waals surface area contributed by atoms with E-state index in [1.54, 1.807) is 6.08 Å². The standard InChI is InChI=1S/C54H103N2O6P/c1-6-8-10-12-14-16-18-20-22-23-24-25-26-27-28-29-30-31-32-33-34-36-38-40-42-44-46-48-54(58)55-52(51-62-63(59,60)61-50-49-56(3,4)5)53(57)47-45-43-41-39-37-35-21-19-17-15-13-11-9-7-2/h17,19,27-28,37,39,45,47,52-53,57H,6-16,18,20-26,29-36,38,40-44,46,48-51H2,1-5H3,(H-,55,58,59,60)/b19-17+,28-27-,39-37+,47-45+. The van der Waals surface area contributed by atoms with Gasteiger partial charge in [0, 0.05) is 6.42 Å². The minimum absolute atomic E-state index is 0.00967. The van der Waals surface area contributed by atoms with Crippen LogP contribution in [0.15, 0.2) is 48.6 Å². The molecule has 0 heterocycles. The van der Waals surface area contributed by atoms with Crippen LogP contribution in [-0.4, -0.2) is 68.5 Å². The SMILES string of the molecule is CCCCCC/C=C/CC/C=C/CC/C=C/C(O)C(COP(=O)([O-])OCC[N+](C)(C)C)NC(=O)CCCCCCCCCCCCC/C=C\CCCCCCCCCCCCCC. The normalized spacial score (nSPS) is 14.5. The van der Waals surface area contributed by atoms with Crippen LogP contribution in [0.25, 0.3) is 0 Å². The number of quaternary nitrogens is 1. The highest BCUT2D eigenvalue weighted by molar-refractivity contribution is 7.45. The second-order valence-corrected chi connectivity index (χ2v) is 20.6. The molecule has 9 heteroatoms. The molecule has 0 aliphatic rings. The Kier molecular flexibility index (Phi) is 44.5. The Morgan fingerprint density at radius 3 is 1.30 bits per heavy atom. The van der Waals surface area contributed by atoms with E-state index in [4.69, 9.17) is 9.05 Å². The highest BCUT2D eigenvalue weighted by Crippen LogP contribution is 2.38. The number of nitrogens with one attached hydrogen (secondary N) is 1. The van der Waals surface area contributed by atoms with E-state index in [-0.39, 0.29) is 12.5 Å². The lowest BCUT2D eigenvalue weighted by atomic mass is 10.0. The molecule has 63 heavy (non-hydrogen) atoms. The van der Waals surface area contributed by atoms with E-state index >= 15 is 0 Å². The lowest BCUT2D eigenvalue weighted by molar-refractivity contribution is -0.870. The third kappa shape index (κ3) is 48.2. The van der Waals surface area contributed by atoms with Gasteiger partial charge in [0.2, 0.25) is 5.91 Å². The van der Waals surface area contributed by atoms with Crippen molar-refractivity contribution in [3.05, 3.63) is 48.6 Å². The summed E-state index contributed by atoms with van der Waals surface area (Å²) >= 11 is 0. The second kappa shape index (κ2) is 45.6. The first kappa shape index (κ1) is 61.5. The summed E-state index contributed by atoms with van der Waals surface area (Å²) in [7, 11) is 1.23. The van der Waals surface area contributed by atoms with Crippen LogP contribution in [0.3, 0.4) is 0 Å². The van der Waals surface area contributed by atoms with Gasteiger partial charge in [0.25, 0.3) is 7.82 Å². The number of allylic oxidation sites excluding steroid dienone is 7. The van der Waals surface area contributed by atoms with Gasteiger partial charge in [-0.05, 0) is 70.6 Å². The maximum atomic E-state index is 12.9. The van der Waals surface area contributed by atoms with E-state index in [0.29, 0.717) is 17.4 Å². The first-order valence-corrected chi connectivity index (χ1v) is 28.0. The van der Waals surface area contributed by atoms with E-state index in [2.05, 4.69) is 55.6 Å². The molecule has 0 saturated heterocycles. The van der Waals surface area contributed by atoms with Gasteiger partial charge in [0.05, 0.1) is 39.9 Å². The Morgan fingerprint density at radius 1 is 0.540 bits per heavy atom. The minimum Gasteiger partial charge on any atom is -0.756 e. The molecule has 0 rings (SSSR count). The van der Waals surface area contributed by atoms with Gasteiger partial charge in [-0.2, -0.15) is 0 Å². The predicted octanol–water partition coefficient (Wildman–Crippen LogP) is 15.0. The average Bonchev–Trinajstić information content (AvgIpc) is 3.24. The molecule has 0 saturated carbocycles. The fourth-order valence-electron chi connectivity index (χ4n) is 7.53. The van der Waals surface area contributed by atoms with Crippen LogP contribution in [0, 0.1) is 0 Å². The summed E-state index contributed by atoms with van der Waals surface area (Å²) in [6, 6.07) is -0.910. The largest absolute Gasteiger partial charge is 0.756 e. The van der Waals surface area contributed by atoms with Crippen molar-refractivity contribution >= 4 is 13.7 Å². The number of phosphoric ester groups is 1. The first-order chi connectivity index (χ1) is 30.5. The molecule has 0 aliphatic heterocycles. The van der Waals surface area contributed by atoms with Crippen molar-refractivity contribution < 1.29 is 32.9 Å². The van der Waals surface area contributed by atoms with Gasteiger partial charge in [0.15, 0.2) is 0 Å². The molecule has 0 spiro atoms. The Bertz CT molecular complexity index is 1170. The Hall–Kier alpha value is -1.54. The van der Waals surface area contributed by atoms with E-state index in [1.165, 1.54) is 167 Å². The molecule has 0 aliphatic carbocycles. The maximum absolute atomic E-state index is 12.9. The Morgan fingerprint density at radius 2 is 0.889 bits per heavy atom. The monoisotopic (exact) mass is 907 g/mol. The molecule has 8 nitrogen and oxygen atoms in total. The van der Waals surface area contributed by atoms with Crippen molar-refractivity contribution in [2.45, 2.75) is 251 Å². The van der Waals surface area contributed by atoms with Crippen LogP contribution in [0.4, 0.5) is 0 Å². The summed E-state index contributed by atoms with van der Waals surface area (Å²) in [5.41, 5.74) is 0. The molecule has 0 bridgehead atoms. The van der Waals surface area contributed by atoms with Crippen LogP contribution < -0.4 is 10.2 Å². The summed E-state index contributed by atoms with van der Waals surface area (Å²) in [5.74, 6) is -0.212. The van der Waals surface area contributed by atoms with Crippen molar-refractivity contribution in [3.8, 4) is 0 Å². The van der Waals surface area contributed by atoms with Crippen molar-refractivity contribution in [2.75, 3.05) is 40.9 Å². The number of carbonyl (C=O) groups excluding carboxylic acids is 1. The fraction of sp³-hybridized carbons (Fsp3) is 0.833. The third-order valence-electron chi connectivity index (χ3n) is 11.7. The maximum Gasteiger partial charge on any atom is 0.268 e. The molecular formula is C54H103N2O6P. The molecule has 0 aromatic carbocycles. The number of carbonyl (C=O) groups is 1. The van der Waals surface area contributed by atoms with E-state index in [9.17, 15) is 19.4 Å². The van der Waals surface area contributed by atoms with Crippen LogP contribution in [0.1, 0.15) is 239 Å². The summed E-state index contributed by atoms with van der Waals surface area (Å²) in [4.78, 5) is 25.4. The smallest absolute Gasteiger partial charge is 0.268 e. The lowest BCUT2D eigenvalue weighted by Gasteiger charge is -2.29. The average molecular weight is 907 g/mol. The van der Waals surface area contributed by atoms with Crippen LogP contribution in [0.2, 0.25) is 0 Å². The molecule has 0 aromatic rings. The molecule has 3 unspecified atom stereocenters. The van der Waals surface area contributed by atoms with Crippen molar-refractivity contribution in [2.24, 2.45) is 0 Å². The van der Waals surface area contributed by atoms with Crippen LogP contribution in [-0.2, 0) is 18.4 Å². The van der Waals surface area contributed by atoms with Crippen LogP contribution >= 0.6 is 7.82 Å². The highest BCUT2D eigenvalue weighted by Gasteiger charge is 2.23. The summed E-state index contributed by atoms with van der Waals surface area (Å²) in [5, 5.41) is 13.8. The molecule has 0 radical (unpaired) electrons. The Labute approximate surface area is 390 Å². The summed E-state index contributed by atoms with van der Waals surface area (Å²) in [6.45, 7) is 4.61. The van der Waals surface area contributed by atoms with Gasteiger partial charge in [-0.3, -0.25) is 9.36 Å². The van der Waals surface area contributed by atoms with Gasteiger partial charge in [-0.25, -0.2) is 0 Å².